The third-order valence-electron chi connectivity index (χ3n) is 3.14. The van der Waals surface area contributed by atoms with E-state index in [4.69, 9.17) is 4.74 Å². The number of rotatable bonds is 5. The van der Waals surface area contributed by atoms with Crippen molar-refractivity contribution in [1.82, 2.24) is 0 Å². The zero-order valence-corrected chi connectivity index (χ0v) is 14.4. The van der Waals surface area contributed by atoms with Crippen molar-refractivity contribution in [3.05, 3.63) is 75.9 Å². The molecule has 0 bridgehead atoms. The van der Waals surface area contributed by atoms with Crippen molar-refractivity contribution in [2.75, 3.05) is 12.4 Å². The number of para-hydroxylation sites is 1. The number of benzene rings is 2. The summed E-state index contributed by atoms with van der Waals surface area (Å²) in [6.07, 6.45) is 1.50. The third-order valence-corrected chi connectivity index (χ3v) is 3.67. The first-order valence-corrected chi connectivity index (χ1v) is 7.73. The first-order chi connectivity index (χ1) is 11.0. The highest BCUT2D eigenvalue weighted by Gasteiger charge is 2.11. The summed E-state index contributed by atoms with van der Waals surface area (Å²) >= 11 is 3.34. The molecule has 0 saturated carbocycles. The normalized spacial score (nSPS) is 11.0. The number of carbonyl (C=O) groups excluding carboxylic acids is 2. The van der Waals surface area contributed by atoms with Crippen molar-refractivity contribution in [3.63, 3.8) is 0 Å². The standard InChI is InChI=1S/C18H16BrNO3/c1-12(11-17(21)13-7-9-14(19)10-8-13)20-16-6-4-3-5-15(16)18(22)23-2/h3-11,20H,1-2H3/b12-11-. The zero-order valence-electron chi connectivity index (χ0n) is 12.8. The summed E-state index contributed by atoms with van der Waals surface area (Å²) in [7, 11) is 1.33. The van der Waals surface area contributed by atoms with Gasteiger partial charge in [-0.15, -0.1) is 0 Å². The molecule has 0 spiro atoms. The largest absolute Gasteiger partial charge is 0.465 e. The van der Waals surface area contributed by atoms with Crippen molar-refractivity contribution in [2.45, 2.75) is 6.92 Å². The topological polar surface area (TPSA) is 55.4 Å². The molecule has 5 heteroatoms. The summed E-state index contributed by atoms with van der Waals surface area (Å²) in [6.45, 7) is 1.77. The molecule has 0 aromatic heterocycles. The lowest BCUT2D eigenvalue weighted by atomic mass is 10.1. The van der Waals surface area contributed by atoms with Crippen LogP contribution in [0.25, 0.3) is 0 Å². The molecule has 0 saturated heterocycles. The first-order valence-electron chi connectivity index (χ1n) is 6.94. The summed E-state index contributed by atoms with van der Waals surface area (Å²) in [5.41, 5.74) is 2.24. The number of anilines is 1. The van der Waals surface area contributed by atoms with Crippen molar-refractivity contribution >= 4 is 33.4 Å². The number of esters is 1. The Kier molecular flexibility index (Phi) is 5.71. The van der Waals surface area contributed by atoms with Gasteiger partial charge < -0.3 is 10.1 Å². The van der Waals surface area contributed by atoms with Crippen molar-refractivity contribution in [3.8, 4) is 0 Å². The summed E-state index contributed by atoms with van der Waals surface area (Å²) in [5, 5.41) is 3.07. The highest BCUT2D eigenvalue weighted by atomic mass is 79.9. The third kappa shape index (κ3) is 4.53. The molecular weight excluding hydrogens is 358 g/mol. The van der Waals surface area contributed by atoms with E-state index in [9.17, 15) is 9.59 Å². The van der Waals surface area contributed by atoms with E-state index in [2.05, 4.69) is 21.2 Å². The second-order valence-corrected chi connectivity index (χ2v) is 5.78. The van der Waals surface area contributed by atoms with Gasteiger partial charge in [0.05, 0.1) is 18.4 Å². The smallest absolute Gasteiger partial charge is 0.339 e. The predicted molar refractivity (Wildman–Crippen MR) is 93.6 cm³/mol. The van der Waals surface area contributed by atoms with Gasteiger partial charge in [0.1, 0.15) is 0 Å². The molecule has 0 unspecified atom stereocenters. The second kappa shape index (κ2) is 7.74. The summed E-state index contributed by atoms with van der Waals surface area (Å²) in [4.78, 5) is 23.9. The Labute approximate surface area is 143 Å². The van der Waals surface area contributed by atoms with Crippen LogP contribution in [0.4, 0.5) is 5.69 Å². The Bertz CT molecular complexity index is 751. The Morgan fingerprint density at radius 1 is 1.09 bits per heavy atom. The van der Waals surface area contributed by atoms with Crippen molar-refractivity contribution < 1.29 is 14.3 Å². The van der Waals surface area contributed by atoms with Gasteiger partial charge in [0.2, 0.25) is 0 Å². The highest BCUT2D eigenvalue weighted by Crippen LogP contribution is 2.18. The van der Waals surface area contributed by atoms with Crippen LogP contribution in [0.1, 0.15) is 27.6 Å². The molecule has 0 aliphatic heterocycles. The van der Waals surface area contributed by atoms with Gasteiger partial charge in [-0.25, -0.2) is 4.79 Å². The average Bonchev–Trinajstić information content (AvgIpc) is 2.55. The molecule has 23 heavy (non-hydrogen) atoms. The van der Waals surface area contributed by atoms with Crippen LogP contribution in [0.5, 0.6) is 0 Å². The molecule has 0 atom stereocenters. The Morgan fingerprint density at radius 2 is 1.74 bits per heavy atom. The fraction of sp³-hybridized carbons (Fsp3) is 0.111. The van der Waals surface area contributed by atoms with Gasteiger partial charge in [0.15, 0.2) is 5.78 Å². The summed E-state index contributed by atoms with van der Waals surface area (Å²) in [6, 6.07) is 14.1. The van der Waals surface area contributed by atoms with E-state index >= 15 is 0 Å². The molecule has 0 radical (unpaired) electrons. The maximum Gasteiger partial charge on any atom is 0.339 e. The molecule has 118 valence electrons. The lowest BCUT2D eigenvalue weighted by molar-refractivity contribution is 0.0601. The number of carbonyl (C=O) groups is 2. The summed E-state index contributed by atoms with van der Waals surface area (Å²) < 4.78 is 5.67. The quantitative estimate of drug-likeness (QED) is 0.478. The van der Waals surface area contributed by atoms with Crippen molar-refractivity contribution in [1.29, 1.82) is 0 Å². The van der Waals surface area contributed by atoms with Crippen LogP contribution in [0.2, 0.25) is 0 Å². The van der Waals surface area contributed by atoms with E-state index < -0.39 is 5.97 Å². The minimum Gasteiger partial charge on any atom is -0.465 e. The van der Waals surface area contributed by atoms with Crippen LogP contribution in [0.3, 0.4) is 0 Å². The molecule has 0 aliphatic carbocycles. The highest BCUT2D eigenvalue weighted by molar-refractivity contribution is 9.10. The van der Waals surface area contributed by atoms with Gasteiger partial charge in [-0.2, -0.15) is 0 Å². The molecule has 2 aromatic carbocycles. The molecular formula is C18H16BrNO3. The second-order valence-electron chi connectivity index (χ2n) is 4.86. The van der Waals surface area contributed by atoms with Gasteiger partial charge in [-0.1, -0.05) is 28.1 Å². The number of halogens is 1. The van der Waals surface area contributed by atoms with Gasteiger partial charge in [-0.3, -0.25) is 4.79 Å². The maximum absolute atomic E-state index is 12.2. The summed E-state index contributed by atoms with van der Waals surface area (Å²) in [5.74, 6) is -0.543. The van der Waals surface area contributed by atoms with Gasteiger partial charge in [0.25, 0.3) is 0 Å². The first kappa shape index (κ1) is 17.0. The average molecular weight is 374 g/mol. The maximum atomic E-state index is 12.2. The van der Waals surface area contributed by atoms with Crippen LogP contribution in [0, 0.1) is 0 Å². The number of ether oxygens (including phenoxy) is 1. The van der Waals surface area contributed by atoms with E-state index in [1.807, 2.05) is 12.1 Å². The monoisotopic (exact) mass is 373 g/mol. The number of allylic oxidation sites excluding steroid dienone is 2. The fourth-order valence-electron chi connectivity index (χ4n) is 2.02. The Hall–Kier alpha value is -2.40. The molecule has 2 aromatic rings. The predicted octanol–water partition coefficient (Wildman–Crippen LogP) is 4.43. The van der Waals surface area contributed by atoms with Gasteiger partial charge in [0, 0.05) is 21.8 Å². The van der Waals surface area contributed by atoms with E-state index in [0.29, 0.717) is 22.5 Å². The minimum atomic E-state index is -0.430. The molecule has 0 amide bonds. The van der Waals surface area contributed by atoms with Crippen LogP contribution in [-0.4, -0.2) is 18.9 Å². The van der Waals surface area contributed by atoms with E-state index in [-0.39, 0.29) is 5.78 Å². The Balaban J connectivity index is 2.18. The van der Waals surface area contributed by atoms with Crippen LogP contribution >= 0.6 is 15.9 Å². The van der Waals surface area contributed by atoms with Crippen LogP contribution < -0.4 is 5.32 Å². The molecule has 1 N–H and O–H groups in total. The molecule has 0 heterocycles. The van der Waals surface area contributed by atoms with Gasteiger partial charge in [-0.05, 0) is 43.3 Å². The number of hydrogen-bond donors (Lipinski definition) is 1. The van der Waals surface area contributed by atoms with Crippen molar-refractivity contribution in [2.24, 2.45) is 0 Å². The fourth-order valence-corrected chi connectivity index (χ4v) is 2.29. The molecule has 2 rings (SSSR count). The van der Waals surface area contributed by atoms with E-state index in [1.165, 1.54) is 13.2 Å². The number of methoxy groups -OCH3 is 1. The van der Waals surface area contributed by atoms with E-state index in [0.717, 1.165) is 4.47 Å². The molecule has 0 aliphatic rings. The molecule has 4 nitrogen and oxygen atoms in total. The number of hydrogen-bond acceptors (Lipinski definition) is 4. The van der Waals surface area contributed by atoms with E-state index in [1.54, 1.807) is 43.3 Å². The molecule has 0 fully saturated rings. The number of nitrogens with one attached hydrogen (secondary N) is 1. The zero-order chi connectivity index (χ0) is 16.8. The van der Waals surface area contributed by atoms with Crippen LogP contribution in [-0.2, 0) is 4.74 Å². The van der Waals surface area contributed by atoms with Crippen LogP contribution in [0.15, 0.2) is 64.8 Å². The number of ketones is 1. The van der Waals surface area contributed by atoms with Gasteiger partial charge >= 0.3 is 5.97 Å². The minimum absolute atomic E-state index is 0.113. The lowest BCUT2D eigenvalue weighted by Gasteiger charge is -2.10. The lowest BCUT2D eigenvalue weighted by Crippen LogP contribution is -2.08. The Morgan fingerprint density at radius 3 is 2.39 bits per heavy atom. The SMILES string of the molecule is COC(=O)c1ccccc1N/C(C)=C\C(=O)c1ccc(Br)cc1.